The molecule has 0 aliphatic heterocycles. The van der Waals surface area contributed by atoms with Crippen LogP contribution in [0.1, 0.15) is 12.5 Å². The molecule has 0 bridgehead atoms. The number of benzene rings is 1. The lowest BCUT2D eigenvalue weighted by Gasteiger charge is -2.37. The lowest BCUT2D eigenvalue weighted by atomic mass is 9.92. The minimum absolute atomic E-state index is 0.0534. The number of aliphatic hydroxyl groups is 1. The van der Waals surface area contributed by atoms with E-state index < -0.39 is 48.8 Å². The van der Waals surface area contributed by atoms with Crippen LogP contribution >= 0.6 is 0 Å². The summed E-state index contributed by atoms with van der Waals surface area (Å²) in [7, 11) is 0. The lowest BCUT2D eigenvalue weighted by molar-refractivity contribution is -0.392. The summed E-state index contributed by atoms with van der Waals surface area (Å²) in [6.45, 7) is 2.28. The van der Waals surface area contributed by atoms with Gasteiger partial charge in [-0.3, -0.25) is 0 Å². The Balaban J connectivity index is 3.08. The summed E-state index contributed by atoms with van der Waals surface area (Å²) in [6.07, 6.45) is -13.6. The van der Waals surface area contributed by atoms with Gasteiger partial charge in [0.25, 0.3) is 5.60 Å². The fourth-order valence-corrected chi connectivity index (χ4v) is 1.97. The fourth-order valence-electron chi connectivity index (χ4n) is 1.97. The number of ether oxygens (including phenoxy) is 2. The van der Waals surface area contributed by atoms with Gasteiger partial charge in [0.2, 0.25) is 0 Å². The Labute approximate surface area is 145 Å². The molecule has 1 atom stereocenters. The van der Waals surface area contributed by atoms with Crippen LogP contribution < -0.4 is 0 Å². The third kappa shape index (κ3) is 4.76. The molecule has 1 rings (SSSR count). The maximum absolute atomic E-state index is 13.4. The topological polar surface area (TPSA) is 55.8 Å². The van der Waals surface area contributed by atoms with Gasteiger partial charge in [-0.2, -0.15) is 26.3 Å². The van der Waals surface area contributed by atoms with Gasteiger partial charge in [-0.15, -0.1) is 0 Å². The van der Waals surface area contributed by atoms with Crippen molar-refractivity contribution < 1.29 is 45.7 Å². The molecule has 0 radical (unpaired) electrons. The molecule has 0 aromatic heterocycles. The summed E-state index contributed by atoms with van der Waals surface area (Å²) in [5.41, 5.74) is -5.88. The van der Waals surface area contributed by atoms with E-state index in [-0.39, 0.29) is 5.57 Å². The molecule has 0 amide bonds. The van der Waals surface area contributed by atoms with Crippen LogP contribution in [0.2, 0.25) is 0 Å². The first kappa shape index (κ1) is 22.0. The van der Waals surface area contributed by atoms with E-state index in [2.05, 4.69) is 16.1 Å². The Morgan fingerprint density at radius 1 is 1.08 bits per heavy atom. The quantitative estimate of drug-likeness (QED) is 0.443. The number of carbonyl (C=O) groups is 1. The molecule has 0 fully saturated rings. The first-order chi connectivity index (χ1) is 11.8. The van der Waals surface area contributed by atoms with Crippen LogP contribution in [0.15, 0.2) is 42.5 Å². The van der Waals surface area contributed by atoms with E-state index >= 15 is 0 Å². The van der Waals surface area contributed by atoms with Crippen LogP contribution in [0.25, 0.3) is 0 Å². The van der Waals surface area contributed by atoms with Crippen molar-refractivity contribution in [2.45, 2.75) is 31.0 Å². The molecule has 1 N–H and O–H groups in total. The molecule has 0 saturated carbocycles. The van der Waals surface area contributed by atoms with Crippen molar-refractivity contribution in [3.63, 3.8) is 0 Å². The van der Waals surface area contributed by atoms with Gasteiger partial charge >= 0.3 is 18.3 Å². The van der Waals surface area contributed by atoms with Gasteiger partial charge < -0.3 is 14.6 Å². The highest BCUT2D eigenvalue weighted by atomic mass is 19.4. The van der Waals surface area contributed by atoms with Crippen LogP contribution in [-0.4, -0.2) is 42.7 Å². The molecule has 0 aliphatic rings. The Bertz CT molecular complexity index is 610. The summed E-state index contributed by atoms with van der Waals surface area (Å²) in [4.78, 5) is 11.2. The number of alkyl halides is 6. The molecule has 0 saturated heterocycles. The SMILES string of the molecule is C=C(C)C(=O)OCC(O)COC(c1ccccc1)(C(F)(F)F)C(F)(F)F. The summed E-state index contributed by atoms with van der Waals surface area (Å²) >= 11 is 0. The zero-order valence-corrected chi connectivity index (χ0v) is 13.5. The van der Waals surface area contributed by atoms with E-state index in [1.807, 2.05) is 0 Å². The average Bonchev–Trinajstić information content (AvgIpc) is 2.51. The molecule has 146 valence electrons. The summed E-state index contributed by atoms with van der Waals surface area (Å²) in [5, 5.41) is 9.55. The second-order valence-corrected chi connectivity index (χ2v) is 5.39. The van der Waals surface area contributed by atoms with Crippen molar-refractivity contribution >= 4 is 5.97 Å². The number of esters is 1. The van der Waals surface area contributed by atoms with Crippen molar-refractivity contribution in [2.24, 2.45) is 0 Å². The zero-order valence-electron chi connectivity index (χ0n) is 13.5. The first-order valence-corrected chi connectivity index (χ1v) is 7.16. The van der Waals surface area contributed by atoms with Gasteiger partial charge in [-0.25, -0.2) is 4.79 Å². The standard InChI is InChI=1S/C16H16F6O4/c1-10(2)13(24)25-8-12(23)9-26-14(15(17,18)19,16(20,21)22)11-6-4-3-5-7-11/h3-7,12,23H,1,8-9H2,2H3. The lowest BCUT2D eigenvalue weighted by Crippen LogP contribution is -2.56. The van der Waals surface area contributed by atoms with E-state index in [0.717, 1.165) is 12.1 Å². The third-order valence-corrected chi connectivity index (χ3v) is 3.23. The highest BCUT2D eigenvalue weighted by molar-refractivity contribution is 5.86. The van der Waals surface area contributed by atoms with Crippen LogP contribution in [0, 0.1) is 0 Å². The predicted molar refractivity (Wildman–Crippen MR) is 78.0 cm³/mol. The molecule has 10 heteroatoms. The van der Waals surface area contributed by atoms with Gasteiger partial charge in [0.05, 0.1) is 6.61 Å². The first-order valence-electron chi connectivity index (χ1n) is 7.16. The number of hydrogen-bond acceptors (Lipinski definition) is 4. The van der Waals surface area contributed by atoms with Crippen molar-refractivity contribution in [3.05, 3.63) is 48.0 Å². The van der Waals surface area contributed by atoms with Gasteiger partial charge in [0.15, 0.2) is 0 Å². The monoisotopic (exact) mass is 386 g/mol. The molecular formula is C16H16F6O4. The summed E-state index contributed by atoms with van der Waals surface area (Å²) < 4.78 is 89.1. The van der Waals surface area contributed by atoms with Crippen LogP contribution in [0.4, 0.5) is 26.3 Å². The van der Waals surface area contributed by atoms with Crippen molar-refractivity contribution in [1.29, 1.82) is 0 Å². The Kier molecular flexibility index (Phi) is 6.83. The van der Waals surface area contributed by atoms with Crippen LogP contribution in [0.5, 0.6) is 0 Å². The molecule has 26 heavy (non-hydrogen) atoms. The Morgan fingerprint density at radius 2 is 1.58 bits per heavy atom. The van der Waals surface area contributed by atoms with Crippen molar-refractivity contribution in [1.82, 2.24) is 0 Å². The van der Waals surface area contributed by atoms with Gasteiger partial charge in [-0.1, -0.05) is 36.9 Å². The molecule has 0 aliphatic carbocycles. The van der Waals surface area contributed by atoms with Crippen LogP contribution in [0.3, 0.4) is 0 Å². The molecule has 0 spiro atoms. The summed E-state index contributed by atoms with van der Waals surface area (Å²) in [6, 6.07) is 4.47. The minimum Gasteiger partial charge on any atom is -0.460 e. The van der Waals surface area contributed by atoms with Gasteiger partial charge in [0, 0.05) is 11.1 Å². The Morgan fingerprint density at radius 3 is 2.00 bits per heavy atom. The number of carbonyl (C=O) groups excluding carboxylic acids is 1. The molecule has 1 unspecified atom stereocenters. The maximum atomic E-state index is 13.4. The highest BCUT2D eigenvalue weighted by Crippen LogP contribution is 2.52. The van der Waals surface area contributed by atoms with Gasteiger partial charge in [-0.05, 0) is 6.92 Å². The number of aliphatic hydroxyl groups excluding tert-OH is 1. The van der Waals surface area contributed by atoms with E-state index in [1.54, 1.807) is 0 Å². The average molecular weight is 386 g/mol. The second kappa shape index (κ2) is 8.09. The number of rotatable bonds is 7. The van der Waals surface area contributed by atoms with Crippen LogP contribution in [-0.2, 0) is 19.9 Å². The molecule has 4 nitrogen and oxygen atoms in total. The van der Waals surface area contributed by atoms with Gasteiger partial charge in [0.1, 0.15) is 12.7 Å². The normalized spacial score (nSPS) is 14.0. The highest BCUT2D eigenvalue weighted by Gasteiger charge is 2.73. The third-order valence-electron chi connectivity index (χ3n) is 3.23. The molecule has 1 aromatic carbocycles. The minimum atomic E-state index is -5.86. The largest absolute Gasteiger partial charge is 0.460 e. The van der Waals surface area contributed by atoms with Crippen molar-refractivity contribution in [3.8, 4) is 0 Å². The molecule has 0 heterocycles. The van der Waals surface area contributed by atoms with E-state index in [1.165, 1.54) is 13.0 Å². The maximum Gasteiger partial charge on any atom is 0.430 e. The van der Waals surface area contributed by atoms with Crippen molar-refractivity contribution in [2.75, 3.05) is 13.2 Å². The summed E-state index contributed by atoms with van der Waals surface area (Å²) in [5.74, 6) is -0.954. The fraction of sp³-hybridized carbons (Fsp3) is 0.438. The smallest absolute Gasteiger partial charge is 0.430 e. The molecular weight excluding hydrogens is 370 g/mol. The van der Waals surface area contributed by atoms with E-state index in [0.29, 0.717) is 12.1 Å². The second-order valence-electron chi connectivity index (χ2n) is 5.39. The zero-order chi connectivity index (χ0) is 20.2. The number of halogens is 6. The van der Waals surface area contributed by atoms with E-state index in [9.17, 15) is 36.2 Å². The molecule has 1 aromatic rings. The predicted octanol–water partition coefficient (Wildman–Crippen LogP) is 3.50. The Hall–Kier alpha value is -2.07. The van der Waals surface area contributed by atoms with E-state index in [4.69, 9.17) is 0 Å². The number of hydrogen-bond donors (Lipinski definition) is 1.